The van der Waals surface area contributed by atoms with E-state index >= 15 is 0 Å². The van der Waals surface area contributed by atoms with Crippen molar-refractivity contribution >= 4 is 7.60 Å². The van der Waals surface area contributed by atoms with Gasteiger partial charge >= 0.3 is 7.60 Å². The molecule has 0 aromatic heterocycles. The molecule has 2 N–H and O–H groups in total. The van der Waals surface area contributed by atoms with Gasteiger partial charge in [-0.15, -0.1) is 0 Å². The maximum atomic E-state index is 13.2. The summed E-state index contributed by atoms with van der Waals surface area (Å²) in [5, 5.41) is 8.77. The van der Waals surface area contributed by atoms with E-state index in [0.29, 0.717) is 5.56 Å². The second-order valence-electron chi connectivity index (χ2n) is 3.67. The fraction of sp³-hybridized carbons (Fsp3) is 0.417. The molecule has 0 saturated carbocycles. The van der Waals surface area contributed by atoms with Gasteiger partial charge in [-0.25, -0.2) is 4.39 Å². The minimum absolute atomic E-state index is 0.160. The maximum absolute atomic E-state index is 13.2. The summed E-state index contributed by atoms with van der Waals surface area (Å²) in [5.74, 6) is -1.71. The molecular formula is C12H16FN2O3P. The standard InChI is InChI=1S/C12H16FN2O3P/c1-3-17-19(16,18-4-2)12(15)9-5-6-11(13)10(7-9)8-14/h5-7,12H,3-4,15H2,1-2H3/t12-/m0/s1. The average Bonchev–Trinajstić information content (AvgIpc) is 2.39. The second-order valence-corrected chi connectivity index (χ2v) is 5.82. The maximum Gasteiger partial charge on any atom is 0.351 e. The van der Waals surface area contributed by atoms with Crippen molar-refractivity contribution in [2.24, 2.45) is 5.73 Å². The van der Waals surface area contributed by atoms with Crippen LogP contribution in [-0.4, -0.2) is 13.2 Å². The number of hydrogen-bond acceptors (Lipinski definition) is 5. The summed E-state index contributed by atoms with van der Waals surface area (Å²) in [6.45, 7) is 3.70. The summed E-state index contributed by atoms with van der Waals surface area (Å²) in [6.07, 6.45) is 0. The van der Waals surface area contributed by atoms with Crippen LogP contribution in [0.5, 0.6) is 0 Å². The largest absolute Gasteiger partial charge is 0.351 e. The Hall–Kier alpha value is -1.25. The number of nitrogens with two attached hydrogens (primary N) is 1. The Labute approximate surface area is 111 Å². The SMILES string of the molecule is CCOP(=O)(OCC)[C@H](N)c1ccc(F)c(C#N)c1. The first-order valence-corrected chi connectivity index (χ1v) is 7.43. The molecule has 1 atom stereocenters. The van der Waals surface area contributed by atoms with Gasteiger partial charge in [-0.2, -0.15) is 5.26 Å². The monoisotopic (exact) mass is 286 g/mol. The van der Waals surface area contributed by atoms with Gasteiger partial charge in [0.2, 0.25) is 0 Å². The first kappa shape index (κ1) is 15.8. The molecule has 0 aliphatic rings. The zero-order chi connectivity index (χ0) is 14.5. The minimum Gasteiger partial charge on any atom is -0.314 e. The number of rotatable bonds is 6. The zero-order valence-electron chi connectivity index (χ0n) is 10.8. The summed E-state index contributed by atoms with van der Waals surface area (Å²) >= 11 is 0. The molecule has 7 heteroatoms. The van der Waals surface area contributed by atoms with Crippen LogP contribution in [0.2, 0.25) is 0 Å². The Kier molecular flexibility index (Phi) is 5.64. The van der Waals surface area contributed by atoms with E-state index in [1.165, 1.54) is 12.1 Å². The molecule has 1 aromatic rings. The van der Waals surface area contributed by atoms with Crippen molar-refractivity contribution in [2.75, 3.05) is 13.2 Å². The van der Waals surface area contributed by atoms with E-state index in [0.717, 1.165) is 6.07 Å². The fourth-order valence-corrected chi connectivity index (χ4v) is 3.19. The molecule has 0 spiro atoms. The lowest BCUT2D eigenvalue weighted by Gasteiger charge is -2.23. The molecule has 0 fully saturated rings. The number of nitriles is 1. The van der Waals surface area contributed by atoms with Crippen molar-refractivity contribution < 1.29 is 18.0 Å². The predicted molar refractivity (Wildman–Crippen MR) is 68.9 cm³/mol. The first-order valence-electron chi connectivity index (χ1n) is 5.82. The molecule has 104 valence electrons. The molecule has 0 heterocycles. The molecule has 0 aliphatic carbocycles. The van der Waals surface area contributed by atoms with Gasteiger partial charge in [0, 0.05) is 0 Å². The molecule has 0 bridgehead atoms. The third kappa shape index (κ3) is 3.62. The normalized spacial score (nSPS) is 13.0. The highest BCUT2D eigenvalue weighted by atomic mass is 31.2. The number of hydrogen-bond donors (Lipinski definition) is 1. The van der Waals surface area contributed by atoms with Crippen LogP contribution in [0, 0.1) is 17.1 Å². The topological polar surface area (TPSA) is 85.3 Å². The molecular weight excluding hydrogens is 270 g/mol. The lowest BCUT2D eigenvalue weighted by molar-refractivity contribution is 0.212. The van der Waals surface area contributed by atoms with Crippen molar-refractivity contribution in [3.63, 3.8) is 0 Å². The van der Waals surface area contributed by atoms with Crippen molar-refractivity contribution in [1.29, 1.82) is 5.26 Å². The highest BCUT2D eigenvalue weighted by molar-refractivity contribution is 7.54. The van der Waals surface area contributed by atoms with E-state index in [9.17, 15) is 8.96 Å². The van der Waals surface area contributed by atoms with Crippen LogP contribution in [0.1, 0.15) is 30.8 Å². The Bertz CT molecular complexity index is 520. The van der Waals surface area contributed by atoms with E-state index in [1.54, 1.807) is 19.9 Å². The van der Waals surface area contributed by atoms with Crippen LogP contribution >= 0.6 is 7.60 Å². The Morgan fingerprint density at radius 2 is 2.00 bits per heavy atom. The molecule has 0 aliphatic heterocycles. The molecule has 1 rings (SSSR count). The third-order valence-corrected chi connectivity index (χ3v) is 4.63. The van der Waals surface area contributed by atoms with Crippen LogP contribution < -0.4 is 5.73 Å². The van der Waals surface area contributed by atoms with Gasteiger partial charge in [0.05, 0.1) is 18.8 Å². The first-order chi connectivity index (χ1) is 8.98. The summed E-state index contributed by atoms with van der Waals surface area (Å²) in [4.78, 5) is 0. The minimum atomic E-state index is -3.53. The number of benzene rings is 1. The van der Waals surface area contributed by atoms with Gasteiger partial charge < -0.3 is 14.8 Å². The van der Waals surface area contributed by atoms with Crippen LogP contribution in [-0.2, 0) is 13.6 Å². The quantitative estimate of drug-likeness (QED) is 0.812. The highest BCUT2D eigenvalue weighted by Gasteiger charge is 2.34. The molecule has 0 unspecified atom stereocenters. The number of halogens is 1. The van der Waals surface area contributed by atoms with Gasteiger partial charge in [-0.1, -0.05) is 6.07 Å². The smallest absolute Gasteiger partial charge is 0.314 e. The lowest BCUT2D eigenvalue weighted by Crippen LogP contribution is -2.15. The van der Waals surface area contributed by atoms with E-state index in [4.69, 9.17) is 20.0 Å². The van der Waals surface area contributed by atoms with Crippen LogP contribution in [0.25, 0.3) is 0 Å². The van der Waals surface area contributed by atoms with Crippen molar-refractivity contribution in [1.82, 2.24) is 0 Å². The van der Waals surface area contributed by atoms with Gasteiger partial charge in [0.1, 0.15) is 17.7 Å². The van der Waals surface area contributed by atoms with Crippen LogP contribution in [0.3, 0.4) is 0 Å². The Morgan fingerprint density at radius 1 is 1.42 bits per heavy atom. The van der Waals surface area contributed by atoms with E-state index < -0.39 is 19.2 Å². The van der Waals surface area contributed by atoms with Gasteiger partial charge in [-0.3, -0.25) is 4.57 Å². The molecule has 0 radical (unpaired) electrons. The summed E-state index contributed by atoms with van der Waals surface area (Å²) < 4.78 is 35.9. The molecule has 0 amide bonds. The molecule has 5 nitrogen and oxygen atoms in total. The Morgan fingerprint density at radius 3 is 2.47 bits per heavy atom. The summed E-state index contributed by atoms with van der Waals surface area (Å²) in [6, 6.07) is 5.43. The van der Waals surface area contributed by atoms with Crippen molar-refractivity contribution in [3.05, 3.63) is 35.1 Å². The Balaban J connectivity index is 3.13. The van der Waals surface area contributed by atoms with Crippen molar-refractivity contribution in [3.8, 4) is 6.07 Å². The van der Waals surface area contributed by atoms with Crippen LogP contribution in [0.15, 0.2) is 18.2 Å². The predicted octanol–water partition coefficient (Wildman–Crippen LogP) is 2.92. The summed E-state index contributed by atoms with van der Waals surface area (Å²) in [5.41, 5.74) is 6.05. The van der Waals surface area contributed by atoms with Crippen molar-refractivity contribution in [2.45, 2.75) is 19.6 Å². The third-order valence-electron chi connectivity index (χ3n) is 2.41. The van der Waals surface area contributed by atoms with Crippen LogP contribution in [0.4, 0.5) is 4.39 Å². The highest BCUT2D eigenvalue weighted by Crippen LogP contribution is 2.58. The fourth-order valence-electron chi connectivity index (χ4n) is 1.55. The van der Waals surface area contributed by atoms with Gasteiger partial charge in [0.15, 0.2) is 0 Å². The zero-order valence-corrected chi connectivity index (χ0v) is 11.7. The van der Waals surface area contributed by atoms with E-state index in [1.807, 2.05) is 0 Å². The summed E-state index contributed by atoms with van der Waals surface area (Å²) in [7, 11) is -3.53. The van der Waals surface area contributed by atoms with Gasteiger partial charge in [0.25, 0.3) is 0 Å². The molecule has 19 heavy (non-hydrogen) atoms. The van der Waals surface area contributed by atoms with E-state index in [-0.39, 0.29) is 18.8 Å². The average molecular weight is 286 g/mol. The lowest BCUT2D eigenvalue weighted by atomic mass is 10.1. The second kappa shape index (κ2) is 6.78. The molecule has 1 aromatic carbocycles. The van der Waals surface area contributed by atoms with Gasteiger partial charge in [-0.05, 0) is 31.5 Å². The number of nitrogens with zero attached hydrogens (tertiary/aromatic N) is 1. The molecule has 0 saturated heterocycles. The van der Waals surface area contributed by atoms with E-state index in [2.05, 4.69) is 0 Å².